The maximum Gasteiger partial charge on any atom is 0.312 e. The Hall–Kier alpha value is -1.63. The summed E-state index contributed by atoms with van der Waals surface area (Å²) in [5.41, 5.74) is 4.87. The highest BCUT2D eigenvalue weighted by Crippen LogP contribution is 1.92. The van der Waals surface area contributed by atoms with Gasteiger partial charge in [0.2, 0.25) is 5.89 Å². The lowest BCUT2D eigenvalue weighted by Crippen LogP contribution is -2.35. The highest BCUT2D eigenvalue weighted by atomic mass is 16.5. The van der Waals surface area contributed by atoms with Crippen molar-refractivity contribution in [3.8, 4) is 0 Å². The molecule has 7 heteroatoms. The van der Waals surface area contributed by atoms with Crippen molar-refractivity contribution in [2.45, 2.75) is 13.5 Å². The fourth-order valence-corrected chi connectivity index (χ4v) is 0.887. The first-order chi connectivity index (χ1) is 6.68. The van der Waals surface area contributed by atoms with E-state index in [-0.39, 0.29) is 0 Å². The summed E-state index contributed by atoms with van der Waals surface area (Å²) < 4.78 is 4.77. The Morgan fingerprint density at radius 2 is 2.36 bits per heavy atom. The van der Waals surface area contributed by atoms with Crippen LogP contribution in [0.5, 0.6) is 0 Å². The normalized spacial score (nSPS) is 10.1. The van der Waals surface area contributed by atoms with E-state index in [2.05, 4.69) is 20.8 Å². The number of hydrogen-bond acceptors (Lipinski definition) is 5. The summed E-state index contributed by atoms with van der Waals surface area (Å²) in [6, 6.07) is -0.526. The molecular formula is C7H13N5O2. The first kappa shape index (κ1) is 10.5. The molecule has 1 aromatic heterocycles. The number of rotatable bonds is 5. The standard InChI is InChI=1S/C7H13N5O2/c1-5-11-6(12-14-5)4-9-2-3-10-7(8)13/h9H,2-4H2,1H3,(H3,8,10,13). The number of aromatic nitrogens is 2. The zero-order valence-electron chi connectivity index (χ0n) is 7.91. The van der Waals surface area contributed by atoms with Gasteiger partial charge in [-0.25, -0.2) is 4.79 Å². The summed E-state index contributed by atoms with van der Waals surface area (Å²) in [5, 5.41) is 9.15. The molecule has 0 atom stereocenters. The van der Waals surface area contributed by atoms with E-state index in [0.717, 1.165) is 0 Å². The van der Waals surface area contributed by atoms with Gasteiger partial charge >= 0.3 is 6.03 Å². The summed E-state index contributed by atoms with van der Waals surface area (Å²) in [6.07, 6.45) is 0. The molecule has 1 heterocycles. The van der Waals surface area contributed by atoms with Crippen molar-refractivity contribution in [1.29, 1.82) is 0 Å². The predicted octanol–water partition coefficient (Wildman–Crippen LogP) is -0.864. The molecule has 0 saturated carbocycles. The van der Waals surface area contributed by atoms with Crippen molar-refractivity contribution in [1.82, 2.24) is 20.8 Å². The van der Waals surface area contributed by atoms with Crippen LogP contribution in [0.15, 0.2) is 4.52 Å². The van der Waals surface area contributed by atoms with E-state index in [9.17, 15) is 4.79 Å². The zero-order chi connectivity index (χ0) is 10.4. The molecule has 0 aliphatic rings. The van der Waals surface area contributed by atoms with Gasteiger partial charge in [-0.15, -0.1) is 0 Å². The smallest absolute Gasteiger partial charge is 0.312 e. The topological polar surface area (TPSA) is 106 Å². The summed E-state index contributed by atoms with van der Waals surface area (Å²) in [5.74, 6) is 1.14. The Bertz CT molecular complexity index is 298. The minimum Gasteiger partial charge on any atom is -0.352 e. The largest absolute Gasteiger partial charge is 0.352 e. The lowest BCUT2D eigenvalue weighted by atomic mass is 10.5. The third-order valence-corrected chi connectivity index (χ3v) is 1.45. The molecule has 7 nitrogen and oxygen atoms in total. The fraction of sp³-hybridized carbons (Fsp3) is 0.571. The fourth-order valence-electron chi connectivity index (χ4n) is 0.887. The Kier molecular flexibility index (Phi) is 3.86. The molecule has 14 heavy (non-hydrogen) atoms. The van der Waals surface area contributed by atoms with Gasteiger partial charge in [-0.05, 0) is 0 Å². The minimum atomic E-state index is -0.526. The monoisotopic (exact) mass is 199 g/mol. The average molecular weight is 199 g/mol. The summed E-state index contributed by atoms with van der Waals surface area (Å²) in [6.45, 7) is 3.33. The number of nitrogens with zero attached hydrogens (tertiary/aromatic N) is 2. The maximum atomic E-state index is 10.3. The van der Waals surface area contributed by atoms with Gasteiger partial charge in [-0.1, -0.05) is 5.16 Å². The van der Waals surface area contributed by atoms with E-state index in [1.807, 2.05) is 0 Å². The maximum absolute atomic E-state index is 10.3. The number of urea groups is 1. The number of carbonyl (C=O) groups is 1. The van der Waals surface area contributed by atoms with Crippen LogP contribution in [-0.4, -0.2) is 29.3 Å². The second-order valence-corrected chi connectivity index (χ2v) is 2.70. The molecule has 0 bridgehead atoms. The van der Waals surface area contributed by atoms with Crippen molar-refractivity contribution < 1.29 is 9.32 Å². The molecule has 1 rings (SSSR count). The predicted molar refractivity (Wildman–Crippen MR) is 48.3 cm³/mol. The van der Waals surface area contributed by atoms with Crippen LogP contribution in [0.1, 0.15) is 11.7 Å². The van der Waals surface area contributed by atoms with Crippen LogP contribution in [0, 0.1) is 6.92 Å². The summed E-state index contributed by atoms with van der Waals surface area (Å²) in [4.78, 5) is 14.3. The molecule has 0 unspecified atom stereocenters. The molecule has 0 saturated heterocycles. The Morgan fingerprint density at radius 3 is 2.93 bits per heavy atom. The molecule has 0 aliphatic heterocycles. The molecule has 0 spiro atoms. The number of nitrogens with one attached hydrogen (secondary N) is 2. The minimum absolute atomic E-state index is 0.478. The van der Waals surface area contributed by atoms with Crippen molar-refractivity contribution in [2.24, 2.45) is 5.73 Å². The van der Waals surface area contributed by atoms with Crippen molar-refractivity contribution >= 4 is 6.03 Å². The quantitative estimate of drug-likeness (QED) is 0.535. The Morgan fingerprint density at radius 1 is 1.57 bits per heavy atom. The van der Waals surface area contributed by atoms with Gasteiger partial charge in [0.05, 0.1) is 6.54 Å². The average Bonchev–Trinajstić information content (AvgIpc) is 2.50. The third-order valence-electron chi connectivity index (χ3n) is 1.45. The van der Waals surface area contributed by atoms with Crippen LogP contribution in [-0.2, 0) is 6.54 Å². The summed E-state index contributed by atoms with van der Waals surface area (Å²) >= 11 is 0. The first-order valence-corrected chi connectivity index (χ1v) is 4.21. The number of carbonyl (C=O) groups excluding carboxylic acids is 1. The van der Waals surface area contributed by atoms with Gasteiger partial charge in [0.15, 0.2) is 5.82 Å². The molecular weight excluding hydrogens is 186 g/mol. The SMILES string of the molecule is Cc1nc(CNCCNC(N)=O)no1. The number of nitrogens with two attached hydrogens (primary N) is 1. The summed E-state index contributed by atoms with van der Waals surface area (Å²) in [7, 11) is 0. The number of aryl methyl sites for hydroxylation is 1. The second kappa shape index (κ2) is 5.18. The van der Waals surface area contributed by atoms with Crippen LogP contribution in [0.3, 0.4) is 0 Å². The lowest BCUT2D eigenvalue weighted by Gasteiger charge is -2.01. The molecule has 4 N–H and O–H groups in total. The van der Waals surface area contributed by atoms with Gasteiger partial charge < -0.3 is 20.9 Å². The van der Waals surface area contributed by atoms with Gasteiger partial charge in [-0.3, -0.25) is 0 Å². The van der Waals surface area contributed by atoms with Gasteiger partial charge in [0.25, 0.3) is 0 Å². The zero-order valence-corrected chi connectivity index (χ0v) is 7.91. The van der Waals surface area contributed by atoms with Gasteiger partial charge in [0.1, 0.15) is 0 Å². The van der Waals surface area contributed by atoms with Gasteiger partial charge in [0, 0.05) is 20.0 Å². The highest BCUT2D eigenvalue weighted by Gasteiger charge is 2.00. The van der Waals surface area contributed by atoms with Crippen LogP contribution in [0.4, 0.5) is 4.79 Å². The van der Waals surface area contributed by atoms with Gasteiger partial charge in [-0.2, -0.15) is 4.98 Å². The lowest BCUT2D eigenvalue weighted by molar-refractivity contribution is 0.249. The Labute approximate surface area is 81.0 Å². The van der Waals surface area contributed by atoms with Crippen LogP contribution < -0.4 is 16.4 Å². The van der Waals surface area contributed by atoms with Crippen molar-refractivity contribution in [3.05, 3.63) is 11.7 Å². The van der Waals surface area contributed by atoms with Crippen molar-refractivity contribution in [2.75, 3.05) is 13.1 Å². The molecule has 0 aromatic carbocycles. The van der Waals surface area contributed by atoms with Crippen molar-refractivity contribution in [3.63, 3.8) is 0 Å². The third kappa shape index (κ3) is 3.85. The number of primary amides is 1. The van der Waals surface area contributed by atoms with Crippen LogP contribution in [0.2, 0.25) is 0 Å². The van der Waals surface area contributed by atoms with E-state index in [0.29, 0.717) is 31.3 Å². The van der Waals surface area contributed by atoms with Crippen LogP contribution in [0.25, 0.3) is 0 Å². The second-order valence-electron chi connectivity index (χ2n) is 2.70. The van der Waals surface area contributed by atoms with E-state index < -0.39 is 6.03 Å². The Balaban J connectivity index is 2.07. The van der Waals surface area contributed by atoms with Crippen LogP contribution >= 0.6 is 0 Å². The molecule has 0 fully saturated rings. The van der Waals surface area contributed by atoms with E-state index in [1.54, 1.807) is 6.92 Å². The molecule has 2 amide bonds. The van der Waals surface area contributed by atoms with E-state index >= 15 is 0 Å². The highest BCUT2D eigenvalue weighted by molar-refractivity contribution is 5.71. The van der Waals surface area contributed by atoms with E-state index in [1.165, 1.54) is 0 Å². The molecule has 0 aliphatic carbocycles. The van der Waals surface area contributed by atoms with E-state index in [4.69, 9.17) is 10.3 Å². The molecule has 0 radical (unpaired) electrons. The first-order valence-electron chi connectivity index (χ1n) is 4.21. The molecule has 78 valence electrons. The molecule has 1 aromatic rings. The number of amides is 2. The number of hydrogen-bond donors (Lipinski definition) is 3.